The minimum Gasteiger partial charge on any atom is -0.491 e. The molecule has 0 saturated heterocycles. The van der Waals surface area contributed by atoms with Crippen molar-refractivity contribution in [2.45, 2.75) is 64.9 Å². The van der Waals surface area contributed by atoms with Crippen molar-refractivity contribution in [2.75, 3.05) is 0 Å². The Morgan fingerprint density at radius 3 is 2.55 bits per heavy atom. The summed E-state index contributed by atoms with van der Waals surface area (Å²) < 4.78 is 5.66. The minimum absolute atomic E-state index is 0.141. The van der Waals surface area contributed by atoms with Crippen LogP contribution in [0.1, 0.15) is 69.2 Å². The van der Waals surface area contributed by atoms with E-state index in [9.17, 15) is 4.79 Å². The third kappa shape index (κ3) is 4.66. The normalized spacial score (nSPS) is 16.9. The van der Waals surface area contributed by atoms with Crippen molar-refractivity contribution in [3.63, 3.8) is 0 Å². The van der Waals surface area contributed by atoms with Crippen LogP contribution in [0.2, 0.25) is 0 Å². The fraction of sp³-hybridized carbons (Fsp3) is 0.611. The highest BCUT2D eigenvalue weighted by Crippen LogP contribution is 2.27. The summed E-state index contributed by atoms with van der Waals surface area (Å²) in [6.07, 6.45) is 8.52. The summed E-state index contributed by atoms with van der Waals surface area (Å²) in [4.78, 5) is 12.4. The van der Waals surface area contributed by atoms with Crippen molar-refractivity contribution in [3.05, 3.63) is 29.8 Å². The maximum absolute atomic E-state index is 12.4. The molecule has 2 nitrogen and oxygen atoms in total. The van der Waals surface area contributed by atoms with Gasteiger partial charge in [-0.15, -0.1) is 0 Å². The second-order valence-electron chi connectivity index (χ2n) is 6.18. The molecular weight excluding hydrogens is 248 g/mol. The molecule has 110 valence electrons. The minimum atomic E-state index is 0.141. The molecule has 20 heavy (non-hydrogen) atoms. The molecule has 0 spiro atoms. The number of ether oxygens (including phenoxy) is 1. The molecule has 0 unspecified atom stereocenters. The second kappa shape index (κ2) is 7.47. The molecule has 1 fully saturated rings. The molecule has 0 N–H and O–H groups in total. The molecule has 1 saturated carbocycles. The summed E-state index contributed by atoms with van der Waals surface area (Å²) in [6.45, 7) is 4.00. The van der Waals surface area contributed by atoms with Crippen LogP contribution in [-0.2, 0) is 0 Å². The van der Waals surface area contributed by atoms with Gasteiger partial charge in [-0.1, -0.05) is 50.7 Å². The van der Waals surface area contributed by atoms with Crippen LogP contribution < -0.4 is 4.74 Å². The van der Waals surface area contributed by atoms with Gasteiger partial charge in [0, 0.05) is 12.0 Å². The summed E-state index contributed by atoms with van der Waals surface area (Å²) in [7, 11) is 0. The molecule has 1 aromatic rings. The molecule has 0 radical (unpaired) electrons. The smallest absolute Gasteiger partial charge is 0.163 e. The van der Waals surface area contributed by atoms with Crippen molar-refractivity contribution in [1.29, 1.82) is 0 Å². The van der Waals surface area contributed by atoms with Crippen molar-refractivity contribution in [2.24, 2.45) is 5.92 Å². The lowest BCUT2D eigenvalue weighted by atomic mass is 9.92. The third-order valence-corrected chi connectivity index (χ3v) is 3.98. The predicted molar refractivity (Wildman–Crippen MR) is 82.3 cm³/mol. The van der Waals surface area contributed by atoms with Gasteiger partial charge in [-0.05, 0) is 31.9 Å². The molecule has 1 aliphatic carbocycles. The maximum atomic E-state index is 12.4. The first kappa shape index (κ1) is 15.1. The van der Waals surface area contributed by atoms with Crippen LogP contribution in [0.25, 0.3) is 0 Å². The zero-order chi connectivity index (χ0) is 14.4. The van der Waals surface area contributed by atoms with Crippen molar-refractivity contribution >= 4 is 5.78 Å². The van der Waals surface area contributed by atoms with Gasteiger partial charge in [-0.2, -0.15) is 0 Å². The van der Waals surface area contributed by atoms with E-state index < -0.39 is 0 Å². The van der Waals surface area contributed by atoms with Crippen molar-refractivity contribution < 1.29 is 9.53 Å². The maximum Gasteiger partial charge on any atom is 0.163 e. The quantitative estimate of drug-likeness (QED) is 0.557. The number of Topliss-reactive ketones (excluding diaryl/α,β-unsaturated/α-hetero) is 1. The Hall–Kier alpha value is -1.31. The van der Waals surface area contributed by atoms with Gasteiger partial charge in [0.25, 0.3) is 0 Å². The number of ketones is 1. The number of hydrogen-bond acceptors (Lipinski definition) is 2. The lowest BCUT2D eigenvalue weighted by Gasteiger charge is -2.14. The van der Waals surface area contributed by atoms with Crippen LogP contribution in [0.15, 0.2) is 24.3 Å². The summed E-state index contributed by atoms with van der Waals surface area (Å²) in [5.41, 5.74) is 0.799. The summed E-state index contributed by atoms with van der Waals surface area (Å²) in [5.74, 6) is 1.65. The van der Waals surface area contributed by atoms with E-state index in [1.54, 1.807) is 0 Å². The molecule has 0 aliphatic heterocycles. The Bertz CT molecular complexity index is 429. The van der Waals surface area contributed by atoms with Crippen LogP contribution >= 0.6 is 0 Å². The van der Waals surface area contributed by atoms with Gasteiger partial charge < -0.3 is 4.74 Å². The first-order valence-electron chi connectivity index (χ1n) is 7.95. The number of carbonyl (C=O) groups is 1. The fourth-order valence-electron chi connectivity index (χ4n) is 2.96. The van der Waals surface area contributed by atoms with Crippen LogP contribution in [0.4, 0.5) is 0 Å². The van der Waals surface area contributed by atoms with Crippen molar-refractivity contribution in [1.82, 2.24) is 0 Å². The number of rotatable bonds is 5. The highest BCUT2D eigenvalue weighted by Gasteiger charge is 2.17. The summed E-state index contributed by atoms with van der Waals surface area (Å²) >= 11 is 0. The zero-order valence-electron chi connectivity index (χ0n) is 12.7. The highest BCUT2D eigenvalue weighted by molar-refractivity contribution is 5.96. The molecule has 0 bridgehead atoms. The topological polar surface area (TPSA) is 26.3 Å². The second-order valence-corrected chi connectivity index (χ2v) is 6.18. The summed E-state index contributed by atoms with van der Waals surface area (Å²) in [5, 5.41) is 0. The molecule has 1 aromatic carbocycles. The van der Waals surface area contributed by atoms with Crippen LogP contribution in [0.3, 0.4) is 0 Å². The third-order valence-electron chi connectivity index (χ3n) is 3.98. The molecular formula is C18H26O2. The Kier molecular flexibility index (Phi) is 5.63. The van der Waals surface area contributed by atoms with E-state index in [0.29, 0.717) is 12.3 Å². The monoisotopic (exact) mass is 274 g/mol. The average Bonchev–Trinajstić information content (AvgIpc) is 2.67. The Balaban J connectivity index is 1.97. The van der Waals surface area contributed by atoms with E-state index in [1.165, 1.54) is 38.5 Å². The van der Waals surface area contributed by atoms with Crippen molar-refractivity contribution in [3.8, 4) is 5.75 Å². The van der Waals surface area contributed by atoms with Gasteiger partial charge in [0.1, 0.15) is 5.75 Å². The van der Waals surface area contributed by atoms with Gasteiger partial charge in [-0.25, -0.2) is 0 Å². The molecule has 2 heteroatoms. The largest absolute Gasteiger partial charge is 0.491 e. The predicted octanol–water partition coefficient (Wildman–Crippen LogP) is 5.02. The Morgan fingerprint density at radius 2 is 1.90 bits per heavy atom. The van der Waals surface area contributed by atoms with E-state index in [1.807, 2.05) is 38.1 Å². The molecule has 2 rings (SSSR count). The molecule has 0 atom stereocenters. The SMILES string of the molecule is CC(C)Oc1cccc(C(=O)CC2CCCCCC2)c1. The van der Waals surface area contributed by atoms with Crippen LogP contribution in [0.5, 0.6) is 5.75 Å². The lowest BCUT2D eigenvalue weighted by molar-refractivity contribution is 0.0956. The highest BCUT2D eigenvalue weighted by atomic mass is 16.5. The van der Waals surface area contributed by atoms with E-state index in [-0.39, 0.29) is 11.9 Å². The van der Waals surface area contributed by atoms with Gasteiger partial charge in [0.05, 0.1) is 6.10 Å². The number of carbonyl (C=O) groups excluding carboxylic acids is 1. The number of benzene rings is 1. The molecule has 0 heterocycles. The number of hydrogen-bond donors (Lipinski definition) is 0. The van der Waals surface area contributed by atoms with E-state index in [2.05, 4.69) is 0 Å². The fourth-order valence-corrected chi connectivity index (χ4v) is 2.96. The lowest BCUT2D eigenvalue weighted by Crippen LogP contribution is -2.10. The van der Waals surface area contributed by atoms with Gasteiger partial charge in [-0.3, -0.25) is 4.79 Å². The Labute approximate surface area is 122 Å². The van der Waals surface area contributed by atoms with E-state index in [4.69, 9.17) is 4.74 Å². The zero-order valence-corrected chi connectivity index (χ0v) is 12.7. The van der Waals surface area contributed by atoms with Crippen LogP contribution in [0, 0.1) is 5.92 Å². The standard InChI is InChI=1S/C18H26O2/c1-14(2)20-17-11-7-10-16(13-17)18(19)12-15-8-5-3-4-6-9-15/h7,10-11,13-15H,3-6,8-9,12H2,1-2H3. The molecule has 1 aliphatic rings. The van der Waals surface area contributed by atoms with E-state index >= 15 is 0 Å². The first-order valence-corrected chi connectivity index (χ1v) is 7.95. The molecule has 0 aromatic heterocycles. The van der Waals surface area contributed by atoms with Gasteiger partial charge >= 0.3 is 0 Å². The van der Waals surface area contributed by atoms with Gasteiger partial charge in [0.2, 0.25) is 0 Å². The Morgan fingerprint density at radius 1 is 1.20 bits per heavy atom. The average molecular weight is 274 g/mol. The van der Waals surface area contributed by atoms with Crippen LogP contribution in [-0.4, -0.2) is 11.9 Å². The summed E-state index contributed by atoms with van der Waals surface area (Å²) in [6, 6.07) is 7.63. The van der Waals surface area contributed by atoms with Gasteiger partial charge in [0.15, 0.2) is 5.78 Å². The first-order chi connectivity index (χ1) is 9.65. The molecule has 0 amide bonds. The van der Waals surface area contributed by atoms with E-state index in [0.717, 1.165) is 11.3 Å².